The first kappa shape index (κ1) is 15.9. The number of aryl methyl sites for hydroxylation is 2. The molecule has 24 heavy (non-hydrogen) atoms. The van der Waals surface area contributed by atoms with Crippen LogP contribution in [0.15, 0.2) is 48.5 Å². The largest absolute Gasteiger partial charge is 0.333 e. The summed E-state index contributed by atoms with van der Waals surface area (Å²) in [6, 6.07) is 14.5. The third-order valence-electron chi connectivity index (χ3n) is 3.92. The lowest BCUT2D eigenvalue weighted by Crippen LogP contribution is -2.32. The summed E-state index contributed by atoms with van der Waals surface area (Å²) in [4.78, 5) is 41.1. The molecule has 5 nitrogen and oxygen atoms in total. The number of carbonyl (C=O) groups excluding carboxylic acids is 3. The van der Waals surface area contributed by atoms with Crippen LogP contribution in [0.1, 0.15) is 44.7 Å². The molecule has 1 aliphatic heterocycles. The lowest BCUT2D eigenvalue weighted by molar-refractivity contribution is -0.168. The van der Waals surface area contributed by atoms with E-state index in [4.69, 9.17) is 4.84 Å². The monoisotopic (exact) mass is 323 g/mol. The minimum Gasteiger partial charge on any atom is -0.330 e. The second kappa shape index (κ2) is 6.66. The average molecular weight is 323 g/mol. The number of hydrogen-bond donors (Lipinski definition) is 0. The Morgan fingerprint density at radius 3 is 2.12 bits per heavy atom. The highest BCUT2D eigenvalue weighted by molar-refractivity contribution is 6.20. The van der Waals surface area contributed by atoms with Crippen LogP contribution in [0.2, 0.25) is 0 Å². The summed E-state index contributed by atoms with van der Waals surface area (Å²) in [6.07, 6.45) is 1.46. The van der Waals surface area contributed by atoms with Crippen LogP contribution in [0.25, 0.3) is 0 Å². The Hall–Kier alpha value is -2.95. The molecule has 0 aliphatic carbocycles. The molecule has 0 N–H and O–H groups in total. The number of hydroxylamine groups is 2. The van der Waals surface area contributed by atoms with E-state index in [2.05, 4.69) is 0 Å². The Balaban J connectivity index is 1.53. The summed E-state index contributed by atoms with van der Waals surface area (Å²) in [6.45, 7) is 2.02. The van der Waals surface area contributed by atoms with Crippen molar-refractivity contribution in [3.05, 3.63) is 70.8 Å². The molecule has 2 aromatic rings. The third kappa shape index (κ3) is 3.20. The number of hydrogen-bond acceptors (Lipinski definition) is 4. The smallest absolute Gasteiger partial charge is 0.330 e. The van der Waals surface area contributed by atoms with E-state index in [1.165, 1.54) is 5.56 Å². The first-order valence-electron chi connectivity index (χ1n) is 7.80. The van der Waals surface area contributed by atoms with Crippen molar-refractivity contribution in [3.8, 4) is 0 Å². The van der Waals surface area contributed by atoms with E-state index in [1.807, 2.05) is 31.2 Å². The minimum absolute atomic E-state index is 0.140. The van der Waals surface area contributed by atoms with Crippen molar-refractivity contribution < 1.29 is 19.2 Å². The SMILES string of the molecule is Cc1ccc(CCCC(=O)ON2C(=O)c3ccccc3C2=O)cc1. The first-order valence-corrected chi connectivity index (χ1v) is 7.80. The van der Waals surface area contributed by atoms with Gasteiger partial charge in [0.2, 0.25) is 0 Å². The normalized spacial score (nSPS) is 13.1. The molecule has 0 saturated carbocycles. The molecule has 0 atom stereocenters. The molecule has 0 fully saturated rings. The lowest BCUT2D eigenvalue weighted by Gasteiger charge is -2.12. The van der Waals surface area contributed by atoms with Gasteiger partial charge in [-0.1, -0.05) is 47.0 Å². The molecule has 0 saturated heterocycles. The van der Waals surface area contributed by atoms with Gasteiger partial charge in [0.05, 0.1) is 11.1 Å². The van der Waals surface area contributed by atoms with Gasteiger partial charge < -0.3 is 4.84 Å². The maximum atomic E-state index is 12.1. The molecule has 0 aromatic heterocycles. The van der Waals surface area contributed by atoms with Gasteiger partial charge >= 0.3 is 5.97 Å². The second-order valence-corrected chi connectivity index (χ2v) is 5.75. The Kier molecular flexibility index (Phi) is 4.42. The summed E-state index contributed by atoms with van der Waals surface area (Å²) in [5, 5.41) is 0.554. The van der Waals surface area contributed by atoms with E-state index < -0.39 is 17.8 Å². The summed E-state index contributed by atoms with van der Waals surface area (Å²) < 4.78 is 0. The molecule has 2 aromatic carbocycles. The van der Waals surface area contributed by atoms with Gasteiger partial charge in [-0.3, -0.25) is 9.59 Å². The lowest BCUT2D eigenvalue weighted by atomic mass is 10.1. The highest BCUT2D eigenvalue weighted by Crippen LogP contribution is 2.23. The van der Waals surface area contributed by atoms with E-state index in [-0.39, 0.29) is 17.5 Å². The average Bonchev–Trinajstić information content (AvgIpc) is 2.82. The number of imide groups is 1. The van der Waals surface area contributed by atoms with Crippen molar-refractivity contribution in [1.82, 2.24) is 5.06 Å². The Bertz CT molecular complexity index is 760. The topological polar surface area (TPSA) is 63.7 Å². The van der Waals surface area contributed by atoms with E-state index >= 15 is 0 Å². The quantitative estimate of drug-likeness (QED) is 0.793. The fraction of sp³-hybridized carbons (Fsp3) is 0.211. The molecule has 1 heterocycles. The van der Waals surface area contributed by atoms with E-state index in [0.29, 0.717) is 11.5 Å². The van der Waals surface area contributed by atoms with Crippen LogP contribution in [0, 0.1) is 6.92 Å². The second-order valence-electron chi connectivity index (χ2n) is 5.75. The van der Waals surface area contributed by atoms with E-state index in [9.17, 15) is 14.4 Å². The number of nitrogens with zero attached hydrogens (tertiary/aromatic N) is 1. The Morgan fingerprint density at radius 2 is 1.54 bits per heavy atom. The van der Waals surface area contributed by atoms with Gasteiger partial charge in [0.25, 0.3) is 11.8 Å². The third-order valence-corrected chi connectivity index (χ3v) is 3.92. The van der Waals surface area contributed by atoms with Crippen LogP contribution in [-0.2, 0) is 16.1 Å². The molecule has 0 spiro atoms. The van der Waals surface area contributed by atoms with E-state index in [1.54, 1.807) is 24.3 Å². The molecule has 3 rings (SSSR count). The zero-order chi connectivity index (χ0) is 17.1. The number of rotatable bonds is 5. The number of amides is 2. The molecule has 2 amide bonds. The summed E-state index contributed by atoms with van der Waals surface area (Å²) in [5.41, 5.74) is 2.84. The van der Waals surface area contributed by atoms with Gasteiger partial charge in [0, 0.05) is 6.42 Å². The van der Waals surface area contributed by atoms with Gasteiger partial charge in [-0.2, -0.15) is 0 Å². The molecular weight excluding hydrogens is 306 g/mol. The molecule has 5 heteroatoms. The van der Waals surface area contributed by atoms with Gasteiger partial charge in [-0.25, -0.2) is 4.79 Å². The zero-order valence-electron chi connectivity index (χ0n) is 13.3. The number of carbonyl (C=O) groups is 3. The molecular formula is C19H17NO4. The van der Waals surface area contributed by atoms with Crippen molar-refractivity contribution in [2.45, 2.75) is 26.2 Å². The van der Waals surface area contributed by atoms with Crippen LogP contribution >= 0.6 is 0 Å². The van der Waals surface area contributed by atoms with Crippen molar-refractivity contribution in [2.24, 2.45) is 0 Å². The van der Waals surface area contributed by atoms with Crippen LogP contribution in [0.5, 0.6) is 0 Å². The van der Waals surface area contributed by atoms with Gasteiger partial charge in [-0.05, 0) is 37.5 Å². The molecule has 122 valence electrons. The predicted molar refractivity (Wildman–Crippen MR) is 87.2 cm³/mol. The molecule has 1 aliphatic rings. The van der Waals surface area contributed by atoms with Crippen molar-refractivity contribution in [3.63, 3.8) is 0 Å². The van der Waals surface area contributed by atoms with Gasteiger partial charge in [0.15, 0.2) is 0 Å². The van der Waals surface area contributed by atoms with E-state index in [0.717, 1.165) is 12.0 Å². The first-order chi connectivity index (χ1) is 11.6. The van der Waals surface area contributed by atoms with Crippen molar-refractivity contribution in [2.75, 3.05) is 0 Å². The Labute approximate surface area is 139 Å². The molecule has 0 bridgehead atoms. The highest BCUT2D eigenvalue weighted by atomic mass is 16.7. The van der Waals surface area contributed by atoms with Crippen LogP contribution < -0.4 is 0 Å². The molecule has 0 unspecified atom stereocenters. The van der Waals surface area contributed by atoms with Crippen LogP contribution in [0.4, 0.5) is 0 Å². The Morgan fingerprint density at radius 1 is 0.958 bits per heavy atom. The summed E-state index contributed by atoms with van der Waals surface area (Å²) >= 11 is 0. The van der Waals surface area contributed by atoms with Crippen molar-refractivity contribution >= 4 is 17.8 Å². The minimum atomic E-state index is -0.595. The van der Waals surface area contributed by atoms with Crippen LogP contribution in [-0.4, -0.2) is 22.8 Å². The zero-order valence-corrected chi connectivity index (χ0v) is 13.3. The van der Waals surface area contributed by atoms with Crippen molar-refractivity contribution in [1.29, 1.82) is 0 Å². The fourth-order valence-corrected chi connectivity index (χ4v) is 2.59. The fourth-order valence-electron chi connectivity index (χ4n) is 2.59. The predicted octanol–water partition coefficient (Wildman–Crippen LogP) is 3.07. The summed E-state index contributed by atoms with van der Waals surface area (Å²) in [5.74, 6) is -1.78. The maximum absolute atomic E-state index is 12.1. The number of fused-ring (bicyclic) bond motifs is 1. The van der Waals surface area contributed by atoms with Crippen LogP contribution in [0.3, 0.4) is 0 Å². The van der Waals surface area contributed by atoms with Gasteiger partial charge in [-0.15, -0.1) is 0 Å². The molecule has 0 radical (unpaired) electrons. The van der Waals surface area contributed by atoms with Gasteiger partial charge in [0.1, 0.15) is 0 Å². The standard InChI is InChI=1S/C19H17NO4/c1-13-9-11-14(12-10-13)5-4-8-17(21)24-20-18(22)15-6-2-3-7-16(15)19(20)23/h2-3,6-7,9-12H,4-5,8H2,1H3. The number of benzene rings is 2. The highest BCUT2D eigenvalue weighted by Gasteiger charge is 2.38. The maximum Gasteiger partial charge on any atom is 0.333 e. The summed E-state index contributed by atoms with van der Waals surface area (Å²) in [7, 11) is 0.